The van der Waals surface area contributed by atoms with Crippen LogP contribution in [0.15, 0.2) is 17.5 Å². The highest BCUT2D eigenvalue weighted by atomic mass is 35.5. The fourth-order valence-electron chi connectivity index (χ4n) is 2.99. The van der Waals surface area contributed by atoms with Gasteiger partial charge in [-0.2, -0.15) is 0 Å². The van der Waals surface area contributed by atoms with E-state index in [0.717, 1.165) is 19.5 Å². The number of nitrogens with one attached hydrogen (secondary N) is 2. The van der Waals surface area contributed by atoms with E-state index >= 15 is 0 Å². The summed E-state index contributed by atoms with van der Waals surface area (Å²) in [6, 6.07) is 4.34. The lowest BCUT2D eigenvalue weighted by atomic mass is 9.84. The van der Waals surface area contributed by atoms with Crippen LogP contribution in [-0.2, 0) is 4.79 Å². The lowest BCUT2D eigenvalue weighted by Crippen LogP contribution is -2.34. The molecule has 3 nitrogen and oxygen atoms in total. The molecule has 1 aromatic rings. The van der Waals surface area contributed by atoms with Gasteiger partial charge in [0.15, 0.2) is 0 Å². The number of rotatable bonds is 6. The molecule has 1 aromatic heterocycles. The Balaban J connectivity index is 0.00000220. The molecule has 1 saturated heterocycles. The highest BCUT2D eigenvalue weighted by molar-refractivity contribution is 7.10. The maximum atomic E-state index is 12.2. The van der Waals surface area contributed by atoms with Gasteiger partial charge in [-0.25, -0.2) is 0 Å². The standard InChI is InChI=1S/C16H26N2OS.ClH/c1-3-14(15-5-4-10-20-15)18-16(19)11-12(2)13-6-8-17-9-7-13;/h4-5,10,12-14,17H,3,6-9,11H2,1-2H3,(H,18,19);1H. The first kappa shape index (κ1) is 18.5. The molecule has 2 unspecified atom stereocenters. The molecule has 0 spiro atoms. The van der Waals surface area contributed by atoms with Gasteiger partial charge in [0.25, 0.3) is 0 Å². The van der Waals surface area contributed by atoms with Crippen LogP contribution in [0.3, 0.4) is 0 Å². The fraction of sp³-hybridized carbons (Fsp3) is 0.688. The molecule has 2 rings (SSSR count). The summed E-state index contributed by atoms with van der Waals surface area (Å²) < 4.78 is 0. The summed E-state index contributed by atoms with van der Waals surface area (Å²) in [4.78, 5) is 13.5. The van der Waals surface area contributed by atoms with Gasteiger partial charge in [0, 0.05) is 11.3 Å². The SMILES string of the molecule is CCC(NC(=O)CC(C)C1CCNCC1)c1cccs1.Cl. The van der Waals surface area contributed by atoms with Gasteiger partial charge in [-0.15, -0.1) is 23.7 Å². The number of hydrogen-bond acceptors (Lipinski definition) is 3. The number of hydrogen-bond donors (Lipinski definition) is 2. The van der Waals surface area contributed by atoms with Gasteiger partial charge in [-0.05, 0) is 55.6 Å². The third-order valence-electron chi connectivity index (χ3n) is 4.33. The Morgan fingerprint density at radius 2 is 2.19 bits per heavy atom. The van der Waals surface area contributed by atoms with Crippen molar-refractivity contribution in [1.82, 2.24) is 10.6 Å². The molecule has 0 radical (unpaired) electrons. The summed E-state index contributed by atoms with van der Waals surface area (Å²) in [6.07, 6.45) is 4.02. The largest absolute Gasteiger partial charge is 0.348 e. The van der Waals surface area contributed by atoms with Crippen molar-refractivity contribution in [2.75, 3.05) is 13.1 Å². The van der Waals surface area contributed by atoms with Crippen LogP contribution in [0.2, 0.25) is 0 Å². The van der Waals surface area contributed by atoms with Gasteiger partial charge in [0.1, 0.15) is 0 Å². The topological polar surface area (TPSA) is 41.1 Å². The van der Waals surface area contributed by atoms with E-state index in [2.05, 4.69) is 35.9 Å². The summed E-state index contributed by atoms with van der Waals surface area (Å²) >= 11 is 1.72. The quantitative estimate of drug-likeness (QED) is 0.833. The zero-order valence-electron chi connectivity index (χ0n) is 12.9. The predicted octanol–water partition coefficient (Wildman–Crippen LogP) is 3.76. The molecule has 0 bridgehead atoms. The number of thiophene rings is 1. The van der Waals surface area contributed by atoms with E-state index in [1.807, 2.05) is 6.07 Å². The molecule has 1 aliphatic rings. The summed E-state index contributed by atoms with van der Waals surface area (Å²) in [5.74, 6) is 1.39. The maximum Gasteiger partial charge on any atom is 0.220 e. The normalized spacial score (nSPS) is 18.6. The number of piperidine rings is 1. The number of amides is 1. The average Bonchev–Trinajstić information content (AvgIpc) is 2.99. The minimum atomic E-state index is 0. The first-order valence-electron chi connectivity index (χ1n) is 7.74. The molecule has 2 heterocycles. The van der Waals surface area contributed by atoms with Crippen LogP contribution >= 0.6 is 23.7 Å². The zero-order chi connectivity index (χ0) is 14.4. The Hall–Kier alpha value is -0.580. The van der Waals surface area contributed by atoms with Crippen LogP contribution in [0.1, 0.15) is 50.4 Å². The Morgan fingerprint density at radius 3 is 2.76 bits per heavy atom. The Morgan fingerprint density at radius 1 is 1.48 bits per heavy atom. The van der Waals surface area contributed by atoms with Crippen molar-refractivity contribution < 1.29 is 4.79 Å². The predicted molar refractivity (Wildman–Crippen MR) is 92.1 cm³/mol. The molecule has 120 valence electrons. The Kier molecular flexibility index (Phi) is 8.30. The van der Waals surface area contributed by atoms with Gasteiger partial charge >= 0.3 is 0 Å². The molecule has 0 aromatic carbocycles. The Labute approximate surface area is 138 Å². The van der Waals surface area contributed by atoms with Crippen molar-refractivity contribution in [3.8, 4) is 0 Å². The van der Waals surface area contributed by atoms with Crippen molar-refractivity contribution in [3.63, 3.8) is 0 Å². The first-order valence-corrected chi connectivity index (χ1v) is 8.62. The summed E-state index contributed by atoms with van der Waals surface area (Å²) in [5.41, 5.74) is 0. The monoisotopic (exact) mass is 330 g/mol. The average molecular weight is 331 g/mol. The fourth-order valence-corrected chi connectivity index (χ4v) is 3.85. The minimum Gasteiger partial charge on any atom is -0.348 e. The molecule has 21 heavy (non-hydrogen) atoms. The summed E-state index contributed by atoms with van der Waals surface area (Å²) in [6.45, 7) is 6.55. The van der Waals surface area contributed by atoms with Crippen LogP contribution in [0.4, 0.5) is 0 Å². The number of carbonyl (C=O) groups is 1. The van der Waals surface area contributed by atoms with Crippen LogP contribution in [-0.4, -0.2) is 19.0 Å². The smallest absolute Gasteiger partial charge is 0.220 e. The second-order valence-electron chi connectivity index (χ2n) is 5.81. The van der Waals surface area contributed by atoms with E-state index < -0.39 is 0 Å². The first-order chi connectivity index (χ1) is 9.70. The van der Waals surface area contributed by atoms with Crippen molar-refractivity contribution >= 4 is 29.7 Å². The molecule has 5 heteroatoms. The van der Waals surface area contributed by atoms with E-state index in [9.17, 15) is 4.79 Å². The number of carbonyl (C=O) groups excluding carboxylic acids is 1. The molecular formula is C16H27ClN2OS. The van der Waals surface area contributed by atoms with Crippen LogP contribution < -0.4 is 10.6 Å². The van der Waals surface area contributed by atoms with Crippen molar-refractivity contribution in [1.29, 1.82) is 0 Å². The van der Waals surface area contributed by atoms with Crippen molar-refractivity contribution in [2.24, 2.45) is 11.8 Å². The molecule has 1 fully saturated rings. The third-order valence-corrected chi connectivity index (χ3v) is 5.31. The van der Waals surface area contributed by atoms with E-state index in [0.29, 0.717) is 18.3 Å². The third kappa shape index (κ3) is 5.61. The van der Waals surface area contributed by atoms with Gasteiger partial charge in [0.05, 0.1) is 6.04 Å². The highest BCUT2D eigenvalue weighted by Gasteiger charge is 2.23. The lowest BCUT2D eigenvalue weighted by Gasteiger charge is -2.28. The highest BCUT2D eigenvalue weighted by Crippen LogP contribution is 2.26. The Bertz CT molecular complexity index is 404. The molecule has 1 aliphatic heterocycles. The zero-order valence-corrected chi connectivity index (χ0v) is 14.6. The van der Waals surface area contributed by atoms with E-state index in [1.165, 1.54) is 17.7 Å². The summed E-state index contributed by atoms with van der Waals surface area (Å²) in [5, 5.41) is 8.65. The van der Waals surface area contributed by atoms with Crippen LogP contribution in [0.25, 0.3) is 0 Å². The van der Waals surface area contributed by atoms with Gasteiger partial charge in [-0.1, -0.05) is 19.9 Å². The van der Waals surface area contributed by atoms with Crippen LogP contribution in [0.5, 0.6) is 0 Å². The van der Waals surface area contributed by atoms with E-state index in [4.69, 9.17) is 0 Å². The van der Waals surface area contributed by atoms with Gasteiger partial charge in [-0.3, -0.25) is 4.79 Å². The summed E-state index contributed by atoms with van der Waals surface area (Å²) in [7, 11) is 0. The van der Waals surface area contributed by atoms with E-state index in [1.54, 1.807) is 11.3 Å². The second-order valence-corrected chi connectivity index (χ2v) is 6.79. The van der Waals surface area contributed by atoms with E-state index in [-0.39, 0.29) is 24.4 Å². The molecule has 2 atom stereocenters. The van der Waals surface area contributed by atoms with Crippen molar-refractivity contribution in [3.05, 3.63) is 22.4 Å². The van der Waals surface area contributed by atoms with Crippen molar-refractivity contribution in [2.45, 2.75) is 45.6 Å². The van der Waals surface area contributed by atoms with Gasteiger partial charge < -0.3 is 10.6 Å². The molecule has 2 N–H and O–H groups in total. The molecule has 0 saturated carbocycles. The molecular weight excluding hydrogens is 304 g/mol. The second kappa shape index (κ2) is 9.44. The van der Waals surface area contributed by atoms with Crippen LogP contribution in [0, 0.1) is 11.8 Å². The molecule has 0 aliphatic carbocycles. The maximum absolute atomic E-state index is 12.2. The molecule has 1 amide bonds. The van der Waals surface area contributed by atoms with Gasteiger partial charge in [0.2, 0.25) is 5.91 Å². The minimum absolute atomic E-state index is 0. The lowest BCUT2D eigenvalue weighted by molar-refractivity contribution is -0.123. The number of halogens is 1.